The molecule has 0 spiro atoms. The molecular weight excluding hydrogens is 1530 g/mol. The van der Waals surface area contributed by atoms with Crippen LogP contribution in [0.4, 0.5) is 0 Å². The Morgan fingerprint density at radius 1 is 0.159 bits per heavy atom. The quantitative estimate of drug-likeness (QED) is 0.143. The number of pyridine rings is 3. The van der Waals surface area contributed by atoms with E-state index in [2.05, 4.69) is 465 Å². The largest absolute Gasteiger partial charge is 0.309 e. The van der Waals surface area contributed by atoms with Crippen molar-refractivity contribution in [2.24, 2.45) is 0 Å². The molecule has 0 amide bonds. The minimum absolute atomic E-state index is 0.974. The van der Waals surface area contributed by atoms with Crippen LogP contribution in [0.5, 0.6) is 0 Å². The number of nitrogens with zero attached hydrogens (tertiary/aromatic N) is 6. The maximum atomic E-state index is 5.36. The van der Waals surface area contributed by atoms with Gasteiger partial charge in [0.25, 0.3) is 0 Å². The van der Waals surface area contributed by atoms with Crippen LogP contribution in [-0.4, -0.2) is 28.7 Å². The minimum atomic E-state index is 0.974. The van der Waals surface area contributed by atoms with E-state index in [1.54, 1.807) is 0 Å². The fraction of sp³-hybridized carbons (Fsp3) is 0.0250. The lowest BCUT2D eigenvalue weighted by Gasteiger charge is -2.14. The average Bonchev–Trinajstić information content (AvgIpc) is 1.34. The first-order chi connectivity index (χ1) is 62.2. The molecule has 20 aromatic carbocycles. The van der Waals surface area contributed by atoms with E-state index in [1.165, 1.54) is 185 Å². The van der Waals surface area contributed by atoms with Crippen LogP contribution in [0.2, 0.25) is 0 Å². The van der Waals surface area contributed by atoms with Crippen molar-refractivity contribution in [3.63, 3.8) is 0 Å². The van der Waals surface area contributed by atoms with Crippen molar-refractivity contribution in [1.82, 2.24) is 28.7 Å². The minimum Gasteiger partial charge on any atom is -0.309 e. The highest BCUT2D eigenvalue weighted by Crippen LogP contribution is 2.44. The van der Waals surface area contributed by atoms with Crippen molar-refractivity contribution in [2.75, 3.05) is 0 Å². The fourth-order valence-electron chi connectivity index (χ4n) is 20.0. The molecule has 0 N–H and O–H groups in total. The third-order valence-corrected chi connectivity index (χ3v) is 25.9. The Hall–Kier alpha value is -16.4. The van der Waals surface area contributed by atoms with E-state index < -0.39 is 0 Å². The highest BCUT2D eigenvalue weighted by Gasteiger charge is 2.22. The first-order valence-corrected chi connectivity index (χ1v) is 43.4. The van der Waals surface area contributed by atoms with Crippen LogP contribution >= 0.6 is 0 Å². The van der Waals surface area contributed by atoms with Crippen LogP contribution in [0, 0.1) is 20.8 Å². The van der Waals surface area contributed by atoms with Crippen LogP contribution in [0.1, 0.15) is 16.7 Å². The van der Waals surface area contributed by atoms with Crippen LogP contribution in [0.15, 0.2) is 431 Å². The van der Waals surface area contributed by atoms with E-state index in [4.69, 9.17) is 15.0 Å². The Balaban J connectivity index is 0.000000107. The molecular formula is C120H80N6. The predicted octanol–water partition coefficient (Wildman–Crippen LogP) is 32.2. The zero-order valence-corrected chi connectivity index (χ0v) is 69.7. The van der Waals surface area contributed by atoms with Crippen LogP contribution in [0.3, 0.4) is 0 Å². The van der Waals surface area contributed by atoms with Crippen LogP contribution in [0.25, 0.3) is 236 Å². The van der Waals surface area contributed by atoms with Gasteiger partial charge in [0, 0.05) is 98.4 Å². The van der Waals surface area contributed by atoms with Gasteiger partial charge >= 0.3 is 0 Å². The first kappa shape index (κ1) is 73.5. The van der Waals surface area contributed by atoms with E-state index in [0.29, 0.717) is 0 Å². The number of fused-ring (bicyclic) bond motifs is 27. The Labute approximate surface area is 727 Å². The first-order valence-electron chi connectivity index (χ1n) is 43.4. The van der Waals surface area contributed by atoms with Gasteiger partial charge in [-0.3, -0.25) is 0 Å². The second-order valence-corrected chi connectivity index (χ2v) is 33.4. The zero-order valence-electron chi connectivity index (χ0n) is 69.7. The summed E-state index contributed by atoms with van der Waals surface area (Å²) in [6.45, 7) is 6.50. The summed E-state index contributed by atoms with van der Waals surface area (Å²) in [4.78, 5) is 15.9. The Bertz CT molecular complexity index is 8640. The molecule has 0 unspecified atom stereocenters. The van der Waals surface area contributed by atoms with E-state index in [-0.39, 0.29) is 0 Å². The maximum Gasteiger partial charge on any atom is 0.0794 e. The number of aryl methyl sites for hydroxylation is 3. The highest BCUT2D eigenvalue weighted by atomic mass is 15.0. The van der Waals surface area contributed by atoms with Gasteiger partial charge in [0.05, 0.1) is 66.7 Å². The zero-order chi connectivity index (χ0) is 83.6. The predicted molar refractivity (Wildman–Crippen MR) is 535 cm³/mol. The van der Waals surface area contributed by atoms with Gasteiger partial charge in [-0.25, -0.2) is 15.0 Å². The molecule has 0 aliphatic rings. The van der Waals surface area contributed by atoms with Gasteiger partial charge in [0.2, 0.25) is 0 Å². The van der Waals surface area contributed by atoms with Crippen molar-refractivity contribution in [2.45, 2.75) is 20.8 Å². The summed E-state index contributed by atoms with van der Waals surface area (Å²) in [6.07, 6.45) is 0. The van der Waals surface area contributed by atoms with Gasteiger partial charge in [0.1, 0.15) is 0 Å². The summed E-state index contributed by atoms with van der Waals surface area (Å²) in [5, 5.41) is 26.1. The van der Waals surface area contributed by atoms with Crippen molar-refractivity contribution in [3.8, 4) is 73.1 Å². The molecule has 126 heavy (non-hydrogen) atoms. The number of rotatable bonds is 8. The lowest BCUT2D eigenvalue weighted by atomic mass is 9.95. The summed E-state index contributed by atoms with van der Waals surface area (Å²) < 4.78 is 7.14. The Morgan fingerprint density at radius 2 is 0.452 bits per heavy atom. The fourth-order valence-corrected chi connectivity index (χ4v) is 20.0. The maximum absolute atomic E-state index is 5.36. The molecule has 0 saturated heterocycles. The van der Waals surface area contributed by atoms with Crippen molar-refractivity contribution in [3.05, 3.63) is 447 Å². The molecule has 0 aliphatic heterocycles. The van der Waals surface area contributed by atoms with Gasteiger partial charge in [-0.1, -0.05) is 314 Å². The lowest BCUT2D eigenvalue weighted by molar-refractivity contribution is 1.18. The topological polar surface area (TPSA) is 53.5 Å². The number of aromatic nitrogens is 6. The summed E-state index contributed by atoms with van der Waals surface area (Å²) in [7, 11) is 0. The van der Waals surface area contributed by atoms with Gasteiger partial charge in [-0.15, -0.1) is 0 Å². The molecule has 26 rings (SSSR count). The molecule has 0 atom stereocenters. The summed E-state index contributed by atoms with van der Waals surface area (Å²) >= 11 is 0. The van der Waals surface area contributed by atoms with E-state index >= 15 is 0 Å². The standard InChI is InChI=1S/C47H30N2.C37H26N2.C36H24N2/c1-3-11-31(12-4-1)34-21-27-45-42(29-34)43-30-35(32-13-5-2-6-14-32)22-28-46(43)49(45)36-23-19-33(20-24-36)44-26-25-41-39-17-8-7-15-37(39)38-16-9-10-18-40(38)47(41)48-44;1-23-11-19-35-32(21-23)33-22-24(2)12-20-36(33)39(35)26-15-13-25(14-16-26)34-18-17-31-29-9-4-3-7-27(29)28-8-5-6-10-30(28)37(31)38-34;1-23-21-32-28-15-3-2-13-26(28)27-14-4-5-18-31(27)36(32)37-35(23)24-11-10-12-25(22-24)38-33-19-8-6-16-29(33)30-17-7-9-20-34(30)38/h1-30H;3-22H,1-2H3;2-22H,1H3. The molecule has 0 bridgehead atoms. The molecule has 6 aromatic heterocycles. The smallest absolute Gasteiger partial charge is 0.0794 e. The SMILES string of the molecule is Cc1cc2c3ccccc3c3ccccc3c2nc1-c1cccc(-n2c3ccccc3c3ccccc32)c1.Cc1ccc2c(c1)c1cc(C)ccc1n2-c1ccc(-c2ccc3c4ccccc4c4ccccc4c3n2)cc1.c1ccc(-c2ccc3c(c2)c2cc(-c4ccccc4)ccc2n3-c2ccc(-c3ccc4c5ccccc5c5ccccc5c4n3)cc2)cc1. The average molecular weight is 1610 g/mol. The van der Waals surface area contributed by atoms with Gasteiger partial charge in [0.15, 0.2) is 0 Å². The van der Waals surface area contributed by atoms with Crippen molar-refractivity contribution < 1.29 is 0 Å². The third kappa shape index (κ3) is 12.3. The van der Waals surface area contributed by atoms with Crippen molar-refractivity contribution in [1.29, 1.82) is 0 Å². The molecule has 0 fully saturated rings. The lowest BCUT2D eigenvalue weighted by Crippen LogP contribution is -1.96. The molecule has 0 radical (unpaired) electrons. The second kappa shape index (κ2) is 30.0. The molecule has 6 heteroatoms. The Kier molecular flexibility index (Phi) is 17.5. The van der Waals surface area contributed by atoms with E-state index in [0.717, 1.165) is 67.4 Å². The molecule has 6 nitrogen and oxygen atoms in total. The van der Waals surface area contributed by atoms with Gasteiger partial charge < -0.3 is 13.7 Å². The molecule has 6 heterocycles. The Morgan fingerprint density at radius 3 is 0.857 bits per heavy atom. The molecule has 0 aliphatic carbocycles. The molecule has 0 saturated carbocycles. The number of para-hydroxylation sites is 2. The van der Waals surface area contributed by atoms with E-state index in [9.17, 15) is 0 Å². The number of hydrogen-bond donors (Lipinski definition) is 0. The monoisotopic (exact) mass is 1600 g/mol. The summed E-state index contributed by atoms with van der Waals surface area (Å²) in [6, 6.07) is 155. The normalized spacial score (nSPS) is 11.8. The van der Waals surface area contributed by atoms with Gasteiger partial charge in [-0.05, 0) is 224 Å². The summed E-state index contributed by atoms with van der Waals surface area (Å²) in [5.74, 6) is 0. The second-order valence-electron chi connectivity index (χ2n) is 33.4. The summed E-state index contributed by atoms with van der Waals surface area (Å²) in [5.41, 5.74) is 28.8. The van der Waals surface area contributed by atoms with Crippen LogP contribution < -0.4 is 0 Å². The molecule has 590 valence electrons. The number of benzene rings is 20. The number of hydrogen-bond acceptors (Lipinski definition) is 3. The van der Waals surface area contributed by atoms with Crippen molar-refractivity contribution >= 4 is 163 Å². The van der Waals surface area contributed by atoms with Gasteiger partial charge in [-0.2, -0.15) is 0 Å². The molecule has 26 aromatic rings. The highest BCUT2D eigenvalue weighted by molar-refractivity contribution is 6.27. The van der Waals surface area contributed by atoms with E-state index in [1.807, 2.05) is 0 Å². The third-order valence-electron chi connectivity index (χ3n) is 25.9. The van der Waals surface area contributed by atoms with Crippen LogP contribution in [-0.2, 0) is 0 Å².